The molecule has 0 bridgehead atoms. The summed E-state index contributed by atoms with van der Waals surface area (Å²) in [5.74, 6) is 0.628. The van der Waals surface area contributed by atoms with Gasteiger partial charge in [-0.2, -0.15) is 5.10 Å². The zero-order valence-electron chi connectivity index (χ0n) is 13.8. The minimum absolute atomic E-state index is 0.628. The average molecular weight is 302 g/mol. The molecule has 3 heterocycles. The highest BCUT2D eigenvalue weighted by atomic mass is 16.5. The maximum atomic E-state index is 5.29. The summed E-state index contributed by atoms with van der Waals surface area (Å²) in [6, 6.07) is 6.58. The number of hydrogen-bond donors (Lipinski definition) is 0. The first-order valence-electron chi connectivity index (χ1n) is 8.00. The van der Waals surface area contributed by atoms with E-state index in [0.29, 0.717) is 5.92 Å². The van der Waals surface area contributed by atoms with Crippen molar-refractivity contribution in [1.29, 1.82) is 0 Å². The van der Waals surface area contributed by atoms with Crippen LogP contribution >= 0.6 is 0 Å². The summed E-state index contributed by atoms with van der Waals surface area (Å²) in [6.45, 7) is 7.03. The summed E-state index contributed by atoms with van der Waals surface area (Å²) < 4.78 is 9.69. The van der Waals surface area contributed by atoms with Crippen LogP contribution in [0.3, 0.4) is 0 Å². The SMILES string of the molecule is COCC[C@H]1CN(Cc2cc(C)nn2C)Cc2cccn2C1. The molecule has 0 aliphatic carbocycles. The molecule has 5 heteroatoms. The molecule has 120 valence electrons. The van der Waals surface area contributed by atoms with Gasteiger partial charge in [0.2, 0.25) is 0 Å². The van der Waals surface area contributed by atoms with E-state index in [1.165, 1.54) is 11.4 Å². The normalized spacial score (nSPS) is 19.1. The number of hydrogen-bond acceptors (Lipinski definition) is 3. The van der Waals surface area contributed by atoms with E-state index in [1.807, 2.05) is 11.7 Å². The second-order valence-corrected chi connectivity index (χ2v) is 6.37. The van der Waals surface area contributed by atoms with Crippen LogP contribution in [0.4, 0.5) is 0 Å². The Hall–Kier alpha value is -1.59. The van der Waals surface area contributed by atoms with Crippen LogP contribution in [0, 0.1) is 12.8 Å². The maximum Gasteiger partial charge on any atom is 0.0597 e. The fraction of sp³-hybridized carbons (Fsp3) is 0.588. The Bertz CT molecular complexity index is 616. The zero-order valence-corrected chi connectivity index (χ0v) is 13.8. The molecular formula is C17H26N4O. The Morgan fingerprint density at radius 3 is 2.95 bits per heavy atom. The van der Waals surface area contributed by atoms with Crippen LogP contribution in [0.2, 0.25) is 0 Å². The molecule has 0 N–H and O–H groups in total. The van der Waals surface area contributed by atoms with Crippen molar-refractivity contribution in [2.45, 2.75) is 33.0 Å². The first-order chi connectivity index (χ1) is 10.7. The molecule has 3 rings (SSSR count). The standard InChI is InChI=1S/C17H26N4O/c1-14-9-17(19(2)18-14)13-20-10-15(6-8-22-3)11-21-7-4-5-16(21)12-20/h4-5,7,9,15H,6,8,10-13H2,1-3H3/t15-/m0/s1. The Balaban J connectivity index is 1.76. The molecule has 0 fully saturated rings. The first kappa shape index (κ1) is 15.3. The fourth-order valence-electron chi connectivity index (χ4n) is 3.39. The third-order valence-corrected chi connectivity index (χ3v) is 4.50. The van der Waals surface area contributed by atoms with E-state index in [2.05, 4.69) is 45.9 Å². The lowest BCUT2D eigenvalue weighted by atomic mass is 10.1. The molecule has 2 aromatic rings. The summed E-state index contributed by atoms with van der Waals surface area (Å²) in [6.07, 6.45) is 3.31. The molecule has 5 nitrogen and oxygen atoms in total. The largest absolute Gasteiger partial charge is 0.385 e. The molecular weight excluding hydrogens is 276 g/mol. The third kappa shape index (κ3) is 3.42. The third-order valence-electron chi connectivity index (χ3n) is 4.50. The minimum atomic E-state index is 0.628. The zero-order chi connectivity index (χ0) is 15.5. The second kappa shape index (κ2) is 6.67. The first-order valence-corrected chi connectivity index (χ1v) is 8.00. The summed E-state index contributed by atoms with van der Waals surface area (Å²) in [5.41, 5.74) is 3.77. The number of aryl methyl sites for hydroxylation is 2. The van der Waals surface area contributed by atoms with Crippen LogP contribution in [-0.2, 0) is 31.4 Å². The lowest BCUT2D eigenvalue weighted by Crippen LogP contribution is -2.29. The summed E-state index contributed by atoms with van der Waals surface area (Å²) in [4.78, 5) is 2.54. The van der Waals surface area contributed by atoms with Gasteiger partial charge >= 0.3 is 0 Å². The second-order valence-electron chi connectivity index (χ2n) is 6.37. The lowest BCUT2D eigenvalue weighted by molar-refractivity contribution is 0.150. The molecule has 0 saturated carbocycles. The monoisotopic (exact) mass is 302 g/mol. The number of aromatic nitrogens is 3. The van der Waals surface area contributed by atoms with Gasteiger partial charge in [0.15, 0.2) is 0 Å². The van der Waals surface area contributed by atoms with E-state index < -0.39 is 0 Å². The predicted octanol–water partition coefficient (Wildman–Crippen LogP) is 2.20. The number of methoxy groups -OCH3 is 1. The number of ether oxygens (including phenoxy) is 1. The van der Waals surface area contributed by atoms with Gasteiger partial charge < -0.3 is 9.30 Å². The van der Waals surface area contributed by atoms with Crippen LogP contribution in [0.5, 0.6) is 0 Å². The van der Waals surface area contributed by atoms with Gasteiger partial charge in [0, 0.05) is 58.8 Å². The molecule has 2 aromatic heterocycles. The highest BCUT2D eigenvalue weighted by Crippen LogP contribution is 2.21. The highest BCUT2D eigenvalue weighted by molar-refractivity contribution is 5.11. The maximum absolute atomic E-state index is 5.29. The van der Waals surface area contributed by atoms with Crippen LogP contribution < -0.4 is 0 Å². The number of rotatable bonds is 5. The Kier molecular flexibility index (Phi) is 4.64. The summed E-state index contributed by atoms with van der Waals surface area (Å²) in [7, 11) is 3.82. The van der Waals surface area contributed by atoms with E-state index in [4.69, 9.17) is 4.74 Å². The Morgan fingerprint density at radius 1 is 1.36 bits per heavy atom. The van der Waals surface area contributed by atoms with Crippen molar-refractivity contribution in [3.63, 3.8) is 0 Å². The van der Waals surface area contributed by atoms with Crippen molar-refractivity contribution in [1.82, 2.24) is 19.2 Å². The van der Waals surface area contributed by atoms with Crippen LogP contribution in [0.25, 0.3) is 0 Å². The van der Waals surface area contributed by atoms with Crippen molar-refractivity contribution in [3.05, 3.63) is 41.5 Å². The summed E-state index contributed by atoms with van der Waals surface area (Å²) >= 11 is 0. The quantitative estimate of drug-likeness (QED) is 0.849. The molecule has 1 atom stereocenters. The molecule has 1 aliphatic rings. The van der Waals surface area contributed by atoms with Gasteiger partial charge in [-0.1, -0.05) is 0 Å². The average Bonchev–Trinajstić information content (AvgIpc) is 2.98. The van der Waals surface area contributed by atoms with E-state index in [0.717, 1.165) is 44.9 Å². The van der Waals surface area contributed by atoms with Crippen molar-refractivity contribution >= 4 is 0 Å². The van der Waals surface area contributed by atoms with Gasteiger partial charge in [0.1, 0.15) is 0 Å². The van der Waals surface area contributed by atoms with Gasteiger partial charge in [-0.05, 0) is 37.5 Å². The fourth-order valence-corrected chi connectivity index (χ4v) is 3.39. The van der Waals surface area contributed by atoms with Gasteiger partial charge in [0.05, 0.1) is 11.4 Å². The minimum Gasteiger partial charge on any atom is -0.385 e. The van der Waals surface area contributed by atoms with Gasteiger partial charge in [-0.25, -0.2) is 0 Å². The molecule has 0 saturated heterocycles. The smallest absolute Gasteiger partial charge is 0.0597 e. The van der Waals surface area contributed by atoms with Gasteiger partial charge in [-0.3, -0.25) is 9.58 Å². The number of nitrogens with zero attached hydrogens (tertiary/aromatic N) is 4. The van der Waals surface area contributed by atoms with E-state index in [-0.39, 0.29) is 0 Å². The van der Waals surface area contributed by atoms with Gasteiger partial charge in [-0.15, -0.1) is 0 Å². The van der Waals surface area contributed by atoms with Crippen LogP contribution in [0.15, 0.2) is 24.4 Å². The molecule has 0 unspecified atom stereocenters. The van der Waals surface area contributed by atoms with E-state index in [9.17, 15) is 0 Å². The Labute approximate surface area is 132 Å². The molecule has 0 aromatic carbocycles. The predicted molar refractivity (Wildman–Crippen MR) is 86.5 cm³/mol. The van der Waals surface area contributed by atoms with Crippen LogP contribution in [0.1, 0.15) is 23.5 Å². The lowest BCUT2D eigenvalue weighted by Gasteiger charge is -2.23. The molecule has 0 amide bonds. The van der Waals surface area contributed by atoms with Crippen molar-refractivity contribution in [2.75, 3.05) is 20.3 Å². The van der Waals surface area contributed by atoms with E-state index >= 15 is 0 Å². The molecule has 22 heavy (non-hydrogen) atoms. The van der Waals surface area contributed by atoms with Gasteiger partial charge in [0.25, 0.3) is 0 Å². The topological polar surface area (TPSA) is 35.2 Å². The Morgan fingerprint density at radius 2 is 2.23 bits per heavy atom. The van der Waals surface area contributed by atoms with Crippen LogP contribution in [-0.4, -0.2) is 39.5 Å². The van der Waals surface area contributed by atoms with Crippen molar-refractivity contribution in [2.24, 2.45) is 13.0 Å². The molecule has 0 spiro atoms. The molecule has 0 radical (unpaired) electrons. The summed E-state index contributed by atoms with van der Waals surface area (Å²) in [5, 5.41) is 4.47. The molecule has 1 aliphatic heterocycles. The van der Waals surface area contributed by atoms with Crippen molar-refractivity contribution < 1.29 is 4.74 Å². The van der Waals surface area contributed by atoms with Crippen molar-refractivity contribution in [3.8, 4) is 0 Å². The highest BCUT2D eigenvalue weighted by Gasteiger charge is 2.22. The number of fused-ring (bicyclic) bond motifs is 1. The van der Waals surface area contributed by atoms with E-state index in [1.54, 1.807) is 7.11 Å².